The zero-order valence-corrected chi connectivity index (χ0v) is 24.5. The lowest BCUT2D eigenvalue weighted by Crippen LogP contribution is -2.68. The molecule has 2 aromatic carbocycles. The Balaban J connectivity index is 1.86. The lowest BCUT2D eigenvalue weighted by Gasteiger charge is -2.44. The van der Waals surface area contributed by atoms with Gasteiger partial charge in [-0.1, -0.05) is 72.8 Å². The van der Waals surface area contributed by atoms with Crippen molar-refractivity contribution in [1.82, 2.24) is 31.1 Å². The second kappa shape index (κ2) is 17.0. The van der Waals surface area contributed by atoms with Crippen LogP contribution in [0.5, 0.6) is 0 Å². The first-order chi connectivity index (χ1) is 21.2. The van der Waals surface area contributed by atoms with Gasteiger partial charge in [-0.15, -0.1) is 13.2 Å². The van der Waals surface area contributed by atoms with Crippen LogP contribution in [0.3, 0.4) is 0 Å². The van der Waals surface area contributed by atoms with Gasteiger partial charge in [0, 0.05) is 26.2 Å². The predicted molar refractivity (Wildman–Crippen MR) is 163 cm³/mol. The van der Waals surface area contributed by atoms with Gasteiger partial charge >= 0.3 is 0 Å². The van der Waals surface area contributed by atoms with Gasteiger partial charge in [0.1, 0.15) is 25.2 Å². The van der Waals surface area contributed by atoms with Crippen LogP contribution in [0.2, 0.25) is 0 Å². The van der Waals surface area contributed by atoms with E-state index in [1.54, 1.807) is 0 Å². The van der Waals surface area contributed by atoms with E-state index in [2.05, 4.69) is 34.4 Å². The molecule has 1 aliphatic rings. The Morgan fingerprint density at radius 2 is 0.955 bits per heavy atom. The molecule has 1 fully saturated rings. The molecule has 3 rings (SSSR count). The van der Waals surface area contributed by atoms with E-state index in [1.807, 2.05) is 60.7 Å². The molecule has 12 heteroatoms. The molecular formula is C32H38N6O6. The van der Waals surface area contributed by atoms with Crippen molar-refractivity contribution in [2.75, 3.05) is 26.2 Å². The number of hydrogen-bond donors (Lipinski definition) is 4. The SMILES string of the molecule is C=CCNC(=O)C[C@H]1C(=O)N(CC(=O)NCc2ccccc2)[C@@H](CC(=O)NCC=C)C(=O)N1CC(=O)NCc1ccccc1. The van der Waals surface area contributed by atoms with E-state index in [9.17, 15) is 28.8 Å². The van der Waals surface area contributed by atoms with Crippen molar-refractivity contribution >= 4 is 35.4 Å². The summed E-state index contributed by atoms with van der Waals surface area (Å²) < 4.78 is 0. The zero-order valence-electron chi connectivity index (χ0n) is 24.5. The van der Waals surface area contributed by atoms with Crippen molar-refractivity contribution in [2.24, 2.45) is 0 Å². The summed E-state index contributed by atoms with van der Waals surface area (Å²) in [5, 5.41) is 10.6. The largest absolute Gasteiger partial charge is 0.353 e. The van der Waals surface area contributed by atoms with Crippen LogP contribution in [0.4, 0.5) is 0 Å². The van der Waals surface area contributed by atoms with E-state index in [-0.39, 0.29) is 26.2 Å². The molecule has 1 heterocycles. The van der Waals surface area contributed by atoms with Gasteiger partial charge in [-0.3, -0.25) is 28.8 Å². The molecule has 2 atom stereocenters. The second-order valence-corrected chi connectivity index (χ2v) is 10.1. The predicted octanol–water partition coefficient (Wildman–Crippen LogP) is 0.412. The molecule has 1 aliphatic heterocycles. The van der Waals surface area contributed by atoms with Crippen LogP contribution in [-0.2, 0) is 41.9 Å². The summed E-state index contributed by atoms with van der Waals surface area (Å²) in [7, 11) is 0. The number of carbonyl (C=O) groups excluding carboxylic acids is 6. The third-order valence-electron chi connectivity index (χ3n) is 6.83. The molecule has 0 bridgehead atoms. The van der Waals surface area contributed by atoms with Gasteiger partial charge in [0.15, 0.2) is 0 Å². The number of amides is 6. The van der Waals surface area contributed by atoms with Crippen molar-refractivity contribution in [2.45, 2.75) is 38.0 Å². The highest BCUT2D eigenvalue weighted by molar-refractivity contribution is 6.03. The van der Waals surface area contributed by atoms with Crippen LogP contribution < -0.4 is 21.3 Å². The van der Waals surface area contributed by atoms with Gasteiger partial charge in [-0.05, 0) is 11.1 Å². The highest BCUT2D eigenvalue weighted by Gasteiger charge is 2.48. The Morgan fingerprint density at radius 1 is 0.591 bits per heavy atom. The lowest BCUT2D eigenvalue weighted by molar-refractivity contribution is -0.166. The van der Waals surface area contributed by atoms with Crippen molar-refractivity contribution in [3.8, 4) is 0 Å². The Bertz CT molecular complexity index is 1250. The van der Waals surface area contributed by atoms with Crippen LogP contribution in [-0.4, -0.2) is 83.5 Å². The summed E-state index contributed by atoms with van der Waals surface area (Å²) in [5.74, 6) is -3.69. The highest BCUT2D eigenvalue weighted by atomic mass is 16.2. The zero-order chi connectivity index (χ0) is 31.9. The molecular weight excluding hydrogens is 564 g/mol. The smallest absolute Gasteiger partial charge is 0.247 e. The van der Waals surface area contributed by atoms with Crippen molar-refractivity contribution in [3.63, 3.8) is 0 Å². The Morgan fingerprint density at radius 3 is 1.30 bits per heavy atom. The minimum Gasteiger partial charge on any atom is -0.353 e. The first-order valence-electron chi connectivity index (χ1n) is 14.2. The fourth-order valence-corrected chi connectivity index (χ4v) is 4.61. The lowest BCUT2D eigenvalue weighted by atomic mass is 9.98. The Kier molecular flexibility index (Phi) is 12.8. The van der Waals surface area contributed by atoms with Gasteiger partial charge in [-0.2, -0.15) is 0 Å². The van der Waals surface area contributed by atoms with Crippen LogP contribution in [0.15, 0.2) is 86.0 Å². The molecule has 44 heavy (non-hydrogen) atoms. The average molecular weight is 603 g/mol. The van der Waals surface area contributed by atoms with Crippen LogP contribution >= 0.6 is 0 Å². The molecule has 0 spiro atoms. The summed E-state index contributed by atoms with van der Waals surface area (Å²) in [5.41, 5.74) is 1.65. The van der Waals surface area contributed by atoms with Gasteiger partial charge < -0.3 is 31.1 Å². The molecule has 0 radical (unpaired) electrons. The second-order valence-electron chi connectivity index (χ2n) is 10.1. The number of rotatable bonds is 16. The number of hydrogen-bond acceptors (Lipinski definition) is 6. The number of piperazine rings is 1. The van der Waals surface area contributed by atoms with Crippen molar-refractivity contribution in [1.29, 1.82) is 0 Å². The molecule has 6 amide bonds. The first kappa shape index (κ1) is 33.2. The average Bonchev–Trinajstić information content (AvgIpc) is 3.03. The maximum Gasteiger partial charge on any atom is 0.247 e. The third-order valence-corrected chi connectivity index (χ3v) is 6.83. The monoisotopic (exact) mass is 602 g/mol. The summed E-state index contributed by atoms with van der Waals surface area (Å²) in [6.45, 7) is 6.66. The Labute approximate surface area is 256 Å². The third kappa shape index (κ3) is 9.93. The van der Waals surface area contributed by atoms with Crippen LogP contribution in [0, 0.1) is 0 Å². The van der Waals surface area contributed by atoms with Gasteiger partial charge in [0.25, 0.3) is 0 Å². The number of nitrogens with one attached hydrogen (secondary N) is 4. The Hall–Kier alpha value is -5.26. The van der Waals surface area contributed by atoms with E-state index in [4.69, 9.17) is 0 Å². The molecule has 12 nitrogen and oxygen atoms in total. The summed E-state index contributed by atoms with van der Waals surface area (Å²) in [4.78, 5) is 81.3. The maximum absolute atomic E-state index is 13.9. The summed E-state index contributed by atoms with van der Waals surface area (Å²) in [6, 6.07) is 15.5. The fourth-order valence-electron chi connectivity index (χ4n) is 4.61. The molecule has 2 aromatic rings. The molecule has 232 valence electrons. The van der Waals surface area contributed by atoms with Crippen LogP contribution in [0.1, 0.15) is 24.0 Å². The standard InChI is InChI=1S/C32H38N6O6/c1-3-15-33-27(39)17-25-31(43)38(22-30(42)36-20-24-13-9-6-10-14-24)26(18-28(40)34-16-4-2)32(44)37(25)21-29(41)35-19-23-11-7-5-8-12-23/h3-14,25-26H,1-2,15-22H2,(H,33,39)(H,34,40)(H,35,41)(H,36,42)/t25-,26-/m0/s1. The molecule has 0 unspecified atom stereocenters. The topological polar surface area (TPSA) is 157 Å². The number of carbonyl (C=O) groups is 6. The fraction of sp³-hybridized carbons (Fsp3) is 0.312. The molecule has 0 aromatic heterocycles. The minimum absolute atomic E-state index is 0.128. The molecule has 1 saturated heterocycles. The van der Waals surface area contributed by atoms with Gasteiger partial charge in [0.2, 0.25) is 35.4 Å². The molecule has 4 N–H and O–H groups in total. The van der Waals surface area contributed by atoms with Crippen LogP contribution in [0.25, 0.3) is 0 Å². The van der Waals surface area contributed by atoms with Crippen molar-refractivity contribution in [3.05, 3.63) is 97.1 Å². The van der Waals surface area contributed by atoms with E-state index in [0.717, 1.165) is 20.9 Å². The first-order valence-corrected chi connectivity index (χ1v) is 14.2. The summed E-state index contributed by atoms with van der Waals surface area (Å²) in [6.07, 6.45) is 2.01. The van der Waals surface area contributed by atoms with E-state index < -0.39 is 73.5 Å². The minimum atomic E-state index is -1.38. The molecule has 0 saturated carbocycles. The number of nitrogens with zero attached hydrogens (tertiary/aromatic N) is 2. The quantitative estimate of drug-likeness (QED) is 0.204. The van der Waals surface area contributed by atoms with E-state index in [0.29, 0.717) is 0 Å². The van der Waals surface area contributed by atoms with Gasteiger partial charge in [0.05, 0.1) is 12.8 Å². The summed E-state index contributed by atoms with van der Waals surface area (Å²) >= 11 is 0. The maximum atomic E-state index is 13.9. The van der Waals surface area contributed by atoms with Gasteiger partial charge in [-0.25, -0.2) is 0 Å². The number of benzene rings is 2. The van der Waals surface area contributed by atoms with E-state index in [1.165, 1.54) is 12.2 Å². The van der Waals surface area contributed by atoms with E-state index >= 15 is 0 Å². The normalized spacial score (nSPS) is 16.1. The molecule has 0 aliphatic carbocycles. The highest BCUT2D eigenvalue weighted by Crippen LogP contribution is 2.23. The van der Waals surface area contributed by atoms with Crippen molar-refractivity contribution < 1.29 is 28.8 Å².